The first-order chi connectivity index (χ1) is 15.1. The van der Waals surface area contributed by atoms with Crippen molar-refractivity contribution in [3.05, 3.63) is 79.4 Å². The zero-order chi connectivity index (χ0) is 22.4. The van der Waals surface area contributed by atoms with Crippen molar-refractivity contribution in [1.82, 2.24) is 0 Å². The lowest BCUT2D eigenvalue weighted by atomic mass is 9.73. The van der Waals surface area contributed by atoms with Crippen LogP contribution >= 0.6 is 0 Å². The molecule has 1 aromatic rings. The molecule has 0 spiro atoms. The normalized spacial score (nSPS) is 19.7. The predicted octanol–water partition coefficient (Wildman–Crippen LogP) is 6.60. The number of rotatable bonds is 16. The Hall–Kier alpha value is -1.94. The molecule has 3 nitrogen and oxygen atoms in total. The van der Waals surface area contributed by atoms with Crippen LogP contribution in [0.1, 0.15) is 69.8 Å². The maximum Gasteiger partial charge on any atom is 0.212 e. The average molecular weight is 425 g/mol. The highest BCUT2D eigenvalue weighted by Crippen LogP contribution is 2.44. The van der Waals surface area contributed by atoms with Crippen LogP contribution in [0, 0.1) is 5.41 Å². The first-order valence-electron chi connectivity index (χ1n) is 11.8. The molecule has 0 aromatic heterocycles. The Kier molecular flexibility index (Phi) is 11.0. The van der Waals surface area contributed by atoms with Crippen molar-refractivity contribution in [3.8, 4) is 0 Å². The Bertz CT molecular complexity index is 709. The number of hydrogen-bond acceptors (Lipinski definition) is 3. The molecular formula is C28H40O3. The molecule has 1 unspecified atom stereocenters. The summed E-state index contributed by atoms with van der Waals surface area (Å²) in [6, 6.07) is 9.98. The van der Waals surface area contributed by atoms with Gasteiger partial charge in [-0.15, -0.1) is 13.2 Å². The number of aliphatic hydroxyl groups is 2. The third kappa shape index (κ3) is 7.92. The summed E-state index contributed by atoms with van der Waals surface area (Å²) in [5.74, 6) is -1.42. The molecule has 1 aliphatic carbocycles. The highest BCUT2D eigenvalue weighted by molar-refractivity contribution is 5.75. The SMILES string of the molecule is C=CCC1(CC=C)C=CC(O)(OCCCCCCCCCCO)C(c2ccccc2)=C1. The molecule has 0 aliphatic heterocycles. The summed E-state index contributed by atoms with van der Waals surface area (Å²) in [4.78, 5) is 0. The fourth-order valence-corrected chi connectivity index (χ4v) is 4.22. The highest BCUT2D eigenvalue weighted by Gasteiger charge is 2.38. The van der Waals surface area contributed by atoms with E-state index >= 15 is 0 Å². The number of benzene rings is 1. The minimum Gasteiger partial charge on any atom is -0.396 e. The Morgan fingerprint density at radius 2 is 1.39 bits per heavy atom. The van der Waals surface area contributed by atoms with E-state index in [0.717, 1.165) is 49.7 Å². The van der Waals surface area contributed by atoms with Gasteiger partial charge in [0.25, 0.3) is 0 Å². The van der Waals surface area contributed by atoms with E-state index in [1.165, 1.54) is 25.7 Å². The maximum atomic E-state index is 11.4. The van der Waals surface area contributed by atoms with Gasteiger partial charge in [-0.25, -0.2) is 0 Å². The number of ether oxygens (including phenoxy) is 1. The Morgan fingerprint density at radius 1 is 0.806 bits per heavy atom. The van der Waals surface area contributed by atoms with Gasteiger partial charge in [0, 0.05) is 17.6 Å². The summed E-state index contributed by atoms with van der Waals surface area (Å²) in [7, 11) is 0. The second-order valence-corrected chi connectivity index (χ2v) is 8.57. The minimum absolute atomic E-state index is 0.236. The topological polar surface area (TPSA) is 49.7 Å². The molecule has 0 heterocycles. The Labute approximate surface area is 188 Å². The Balaban J connectivity index is 1.97. The lowest BCUT2D eigenvalue weighted by Gasteiger charge is -2.37. The van der Waals surface area contributed by atoms with Crippen LogP contribution in [0.3, 0.4) is 0 Å². The standard InChI is InChI=1S/C28H40O3/c1-3-18-27(19-4-2)20-21-28(30,26(24-27)25-16-12-11-13-17-25)31-23-15-10-8-6-5-7-9-14-22-29/h3-4,11-13,16-17,20-21,24,29-30H,1-2,5-10,14-15,18-19,22-23H2. The second kappa shape index (κ2) is 13.5. The van der Waals surface area contributed by atoms with Crippen molar-refractivity contribution >= 4 is 5.57 Å². The quantitative estimate of drug-likeness (QED) is 0.179. The first-order valence-corrected chi connectivity index (χ1v) is 11.8. The van der Waals surface area contributed by atoms with Gasteiger partial charge in [-0.1, -0.05) is 93.2 Å². The van der Waals surface area contributed by atoms with E-state index in [2.05, 4.69) is 25.3 Å². The second-order valence-electron chi connectivity index (χ2n) is 8.57. The van der Waals surface area contributed by atoms with Gasteiger partial charge in [-0.2, -0.15) is 0 Å². The van der Waals surface area contributed by atoms with Gasteiger partial charge in [0.1, 0.15) is 0 Å². The predicted molar refractivity (Wildman–Crippen MR) is 131 cm³/mol. The molecule has 1 atom stereocenters. The van der Waals surface area contributed by atoms with E-state index in [9.17, 15) is 5.11 Å². The van der Waals surface area contributed by atoms with Gasteiger partial charge >= 0.3 is 0 Å². The van der Waals surface area contributed by atoms with Gasteiger partial charge in [0.15, 0.2) is 0 Å². The lowest BCUT2D eigenvalue weighted by Crippen LogP contribution is -2.36. The number of hydrogen-bond donors (Lipinski definition) is 2. The van der Waals surface area contributed by atoms with Crippen molar-refractivity contribution < 1.29 is 14.9 Å². The average Bonchev–Trinajstić information content (AvgIpc) is 2.78. The fraction of sp³-hybridized carbons (Fsp3) is 0.500. The molecule has 31 heavy (non-hydrogen) atoms. The maximum absolute atomic E-state index is 11.4. The lowest BCUT2D eigenvalue weighted by molar-refractivity contribution is -0.124. The van der Waals surface area contributed by atoms with Gasteiger partial charge < -0.3 is 14.9 Å². The number of allylic oxidation sites excluding steroid dienone is 4. The van der Waals surface area contributed by atoms with Gasteiger partial charge in [-0.05, 0) is 37.3 Å². The highest BCUT2D eigenvalue weighted by atomic mass is 16.6. The molecule has 3 heteroatoms. The van der Waals surface area contributed by atoms with Crippen molar-refractivity contribution in [3.63, 3.8) is 0 Å². The number of aliphatic hydroxyl groups excluding tert-OH is 1. The summed E-state index contributed by atoms with van der Waals surface area (Å²) < 4.78 is 6.07. The fourth-order valence-electron chi connectivity index (χ4n) is 4.22. The van der Waals surface area contributed by atoms with Crippen LogP contribution in [0.15, 0.2) is 73.9 Å². The summed E-state index contributed by atoms with van der Waals surface area (Å²) >= 11 is 0. The van der Waals surface area contributed by atoms with E-state index in [0.29, 0.717) is 13.2 Å². The van der Waals surface area contributed by atoms with E-state index in [1.54, 1.807) is 0 Å². The van der Waals surface area contributed by atoms with E-state index in [1.807, 2.05) is 48.6 Å². The molecule has 0 saturated carbocycles. The van der Waals surface area contributed by atoms with Gasteiger partial charge in [0.05, 0.1) is 6.61 Å². The molecule has 0 bridgehead atoms. The van der Waals surface area contributed by atoms with E-state index in [-0.39, 0.29) is 5.41 Å². The third-order valence-electron chi connectivity index (χ3n) is 5.97. The van der Waals surface area contributed by atoms with Crippen LogP contribution in [-0.2, 0) is 4.74 Å². The van der Waals surface area contributed by atoms with Crippen molar-refractivity contribution in [2.75, 3.05) is 13.2 Å². The van der Waals surface area contributed by atoms with Crippen LogP contribution in [0.2, 0.25) is 0 Å². The zero-order valence-corrected chi connectivity index (χ0v) is 19.0. The minimum atomic E-state index is -1.42. The van der Waals surface area contributed by atoms with Crippen molar-refractivity contribution in [2.45, 2.75) is 70.0 Å². The van der Waals surface area contributed by atoms with Crippen LogP contribution < -0.4 is 0 Å². The van der Waals surface area contributed by atoms with E-state index < -0.39 is 5.79 Å². The number of unbranched alkanes of at least 4 members (excludes halogenated alkanes) is 7. The first kappa shape index (κ1) is 25.3. The van der Waals surface area contributed by atoms with Crippen LogP contribution in [0.4, 0.5) is 0 Å². The summed E-state index contributed by atoms with van der Waals surface area (Å²) in [5, 5.41) is 20.2. The molecule has 170 valence electrons. The molecule has 1 aliphatic rings. The molecular weight excluding hydrogens is 384 g/mol. The summed E-state index contributed by atoms with van der Waals surface area (Å²) in [6.45, 7) is 8.66. The largest absolute Gasteiger partial charge is 0.396 e. The third-order valence-corrected chi connectivity index (χ3v) is 5.97. The smallest absolute Gasteiger partial charge is 0.212 e. The van der Waals surface area contributed by atoms with Crippen LogP contribution in [0.5, 0.6) is 0 Å². The molecule has 0 amide bonds. The summed E-state index contributed by atoms with van der Waals surface area (Å²) in [6.07, 6.45) is 20.3. The summed E-state index contributed by atoms with van der Waals surface area (Å²) in [5.41, 5.74) is 1.53. The van der Waals surface area contributed by atoms with Gasteiger partial charge in [0.2, 0.25) is 5.79 Å². The van der Waals surface area contributed by atoms with E-state index in [4.69, 9.17) is 9.84 Å². The molecule has 2 N–H and O–H groups in total. The molecule has 2 rings (SSSR count). The van der Waals surface area contributed by atoms with Crippen molar-refractivity contribution in [2.24, 2.45) is 5.41 Å². The van der Waals surface area contributed by atoms with Crippen molar-refractivity contribution in [1.29, 1.82) is 0 Å². The molecule has 0 radical (unpaired) electrons. The van der Waals surface area contributed by atoms with Crippen LogP contribution in [0.25, 0.3) is 5.57 Å². The van der Waals surface area contributed by atoms with Gasteiger partial charge in [-0.3, -0.25) is 0 Å². The Morgan fingerprint density at radius 3 is 1.97 bits per heavy atom. The monoisotopic (exact) mass is 424 g/mol. The van der Waals surface area contributed by atoms with Crippen LogP contribution in [-0.4, -0.2) is 29.2 Å². The molecule has 0 saturated heterocycles. The molecule has 0 fully saturated rings. The zero-order valence-electron chi connectivity index (χ0n) is 19.0. The molecule has 1 aromatic carbocycles.